The highest BCUT2D eigenvalue weighted by Crippen LogP contribution is 2.41. The van der Waals surface area contributed by atoms with Gasteiger partial charge in [-0.15, -0.1) is 0 Å². The van der Waals surface area contributed by atoms with Gasteiger partial charge in [-0.05, 0) is 18.2 Å². The Kier molecular flexibility index (Phi) is 3.38. The number of benzene rings is 1. The summed E-state index contributed by atoms with van der Waals surface area (Å²) >= 11 is 8.82. The van der Waals surface area contributed by atoms with Crippen molar-refractivity contribution < 1.29 is 18.9 Å². The van der Waals surface area contributed by atoms with Crippen LogP contribution in [0.2, 0.25) is 5.02 Å². The third kappa shape index (κ3) is 3.67. The lowest BCUT2D eigenvalue weighted by atomic mass is 10.3. The van der Waals surface area contributed by atoms with Crippen LogP contribution >= 0.6 is 35.4 Å². The largest absolute Gasteiger partial charge is 0.690 e. The van der Waals surface area contributed by atoms with Crippen LogP contribution in [-0.2, 0) is 4.57 Å². The summed E-state index contributed by atoms with van der Waals surface area (Å²) in [5.74, 6) is 0.0192. The maximum absolute atomic E-state index is 10.6. The predicted octanol–water partition coefficient (Wildman–Crippen LogP) is 2.31. The van der Waals surface area contributed by atoms with E-state index in [1.807, 2.05) is 0 Å². The second-order valence-corrected chi connectivity index (χ2v) is 4.73. The molecule has 0 saturated carbocycles. The molecule has 1 atom stereocenters. The quantitative estimate of drug-likeness (QED) is 0.670. The van der Waals surface area contributed by atoms with Crippen molar-refractivity contribution in [1.82, 2.24) is 0 Å². The number of hydrogen-bond donors (Lipinski definition) is 1. The highest BCUT2D eigenvalue weighted by atomic mass is 79.9. The molecule has 0 aliphatic carbocycles. The maximum Gasteiger partial charge on any atom is 0.690 e. The third-order valence-corrected chi connectivity index (χ3v) is 2.35. The van der Waals surface area contributed by atoms with Crippen molar-refractivity contribution in [3.8, 4) is 5.75 Å². The highest BCUT2D eigenvalue weighted by molar-refractivity contribution is 9.10. The fraction of sp³-hybridized carbons (Fsp3) is 0. The van der Waals surface area contributed by atoms with Crippen molar-refractivity contribution in [2.45, 2.75) is 0 Å². The highest BCUT2D eigenvalue weighted by Gasteiger charge is 2.25. The first-order valence-electron chi connectivity index (χ1n) is 3.11. The molecule has 0 heterocycles. The van der Waals surface area contributed by atoms with Gasteiger partial charge in [0.05, 0.1) is 5.02 Å². The van der Waals surface area contributed by atoms with Crippen molar-refractivity contribution in [3.05, 3.63) is 27.7 Å². The lowest BCUT2D eigenvalue weighted by Gasteiger charge is -2.04. The summed E-state index contributed by atoms with van der Waals surface area (Å²) in [5, 5.41) is 0.177. The van der Waals surface area contributed by atoms with Gasteiger partial charge in [0.2, 0.25) is 0 Å². The monoisotopic (exact) mass is 287 g/mol. The Hall–Kier alpha value is -0.0600. The summed E-state index contributed by atoms with van der Waals surface area (Å²) < 4.78 is 15.7. The summed E-state index contributed by atoms with van der Waals surface area (Å²) in [4.78, 5) is 15.2. The molecule has 13 heavy (non-hydrogen) atoms. The molecule has 0 aliphatic heterocycles. The minimum atomic E-state index is -4.28. The van der Waals surface area contributed by atoms with E-state index in [9.17, 15) is 4.57 Å². The Labute approximate surface area is 87.9 Å². The summed E-state index contributed by atoms with van der Waals surface area (Å²) in [5.41, 5.74) is 0. The first-order chi connectivity index (χ1) is 5.88. The van der Waals surface area contributed by atoms with Crippen LogP contribution < -0.4 is 4.52 Å². The second kappa shape index (κ2) is 3.98. The molecule has 1 aromatic carbocycles. The van der Waals surface area contributed by atoms with Crippen LogP contribution in [0.5, 0.6) is 5.75 Å². The van der Waals surface area contributed by atoms with Crippen LogP contribution in [0, 0.1) is 0 Å². The molecule has 3 N–H and O–H groups in total. The van der Waals surface area contributed by atoms with Crippen LogP contribution in [0.4, 0.5) is 0 Å². The Morgan fingerprint density at radius 1 is 1.62 bits per heavy atom. The van der Waals surface area contributed by atoms with E-state index >= 15 is 0 Å². The molecule has 7 heteroatoms. The van der Waals surface area contributed by atoms with Crippen molar-refractivity contribution in [3.63, 3.8) is 0 Å². The predicted molar refractivity (Wildman–Crippen MR) is 53.2 cm³/mol. The van der Waals surface area contributed by atoms with Gasteiger partial charge in [0.15, 0.2) is 5.75 Å². The van der Waals surface area contributed by atoms with Gasteiger partial charge >= 0.3 is 7.82 Å². The van der Waals surface area contributed by atoms with E-state index in [0.717, 1.165) is 4.47 Å². The molecule has 1 aromatic rings. The van der Waals surface area contributed by atoms with Crippen LogP contribution in [0.1, 0.15) is 0 Å². The zero-order valence-electron chi connectivity index (χ0n) is 6.20. The zero-order valence-corrected chi connectivity index (χ0v) is 9.44. The van der Waals surface area contributed by atoms with Crippen LogP contribution in [0.15, 0.2) is 22.7 Å². The van der Waals surface area contributed by atoms with Gasteiger partial charge in [-0.3, -0.25) is 4.89 Å². The van der Waals surface area contributed by atoms with E-state index in [1.54, 1.807) is 6.07 Å². The SMILES string of the molecule is O=P(O)([OH2+])Oc1ccc(Br)cc1Cl. The van der Waals surface area contributed by atoms with Crippen LogP contribution in [0.3, 0.4) is 0 Å². The summed E-state index contributed by atoms with van der Waals surface area (Å²) in [6.07, 6.45) is 0. The van der Waals surface area contributed by atoms with Gasteiger partial charge in [-0.25, -0.2) is 0 Å². The minimum Gasteiger partial charge on any atom is -0.364 e. The average Bonchev–Trinajstić information content (AvgIpc) is 1.93. The molecule has 0 bridgehead atoms. The topological polar surface area (TPSA) is 69.4 Å². The molecule has 0 amide bonds. The van der Waals surface area contributed by atoms with Crippen molar-refractivity contribution in [2.24, 2.45) is 0 Å². The van der Waals surface area contributed by atoms with Gasteiger partial charge in [-0.2, -0.15) is 4.57 Å². The van der Waals surface area contributed by atoms with E-state index in [1.165, 1.54) is 12.1 Å². The summed E-state index contributed by atoms with van der Waals surface area (Å²) in [7, 11) is -4.28. The molecule has 0 saturated heterocycles. The first-order valence-corrected chi connectivity index (χ1v) is 5.86. The third-order valence-electron chi connectivity index (χ3n) is 1.12. The molecule has 0 radical (unpaired) electrons. The smallest absolute Gasteiger partial charge is 0.364 e. The van der Waals surface area contributed by atoms with E-state index in [4.69, 9.17) is 21.4 Å². The van der Waals surface area contributed by atoms with Crippen LogP contribution in [0.25, 0.3) is 0 Å². The lowest BCUT2D eigenvalue weighted by Crippen LogP contribution is -1.90. The van der Waals surface area contributed by atoms with E-state index in [-0.39, 0.29) is 10.8 Å². The fourth-order valence-electron chi connectivity index (χ4n) is 0.683. The molecular formula is C6H6BrClO4P+. The number of rotatable bonds is 2. The van der Waals surface area contributed by atoms with E-state index in [2.05, 4.69) is 20.5 Å². The van der Waals surface area contributed by atoms with Gasteiger partial charge in [0.25, 0.3) is 0 Å². The fourth-order valence-corrected chi connectivity index (χ4v) is 1.87. The van der Waals surface area contributed by atoms with Gasteiger partial charge in [0, 0.05) is 4.47 Å². The van der Waals surface area contributed by atoms with Crippen molar-refractivity contribution in [1.29, 1.82) is 0 Å². The molecular weight excluding hydrogens is 282 g/mol. The Balaban J connectivity index is 2.97. The van der Waals surface area contributed by atoms with Gasteiger partial charge in [0.1, 0.15) is 0 Å². The molecule has 1 unspecified atom stereocenters. The van der Waals surface area contributed by atoms with E-state index in [0.29, 0.717) is 0 Å². The molecule has 4 nitrogen and oxygen atoms in total. The van der Waals surface area contributed by atoms with Crippen molar-refractivity contribution in [2.75, 3.05) is 0 Å². The maximum atomic E-state index is 10.6. The van der Waals surface area contributed by atoms with Gasteiger partial charge < -0.3 is 9.42 Å². The molecule has 1 rings (SSSR count). The number of hydrogen-bond acceptors (Lipinski definition) is 2. The molecule has 72 valence electrons. The second-order valence-electron chi connectivity index (χ2n) is 2.19. The summed E-state index contributed by atoms with van der Waals surface area (Å²) in [6, 6.07) is 4.51. The van der Waals surface area contributed by atoms with Crippen molar-refractivity contribution >= 4 is 35.4 Å². The molecule has 0 aromatic heterocycles. The first kappa shape index (κ1) is 11.0. The Bertz CT molecular complexity index is 364. The van der Waals surface area contributed by atoms with Gasteiger partial charge in [-0.1, -0.05) is 27.5 Å². The average molecular weight is 288 g/mol. The molecule has 0 fully saturated rings. The standard InChI is InChI=1S/C6H5BrClO4P/c7-4-1-2-6(5(8)3-4)12-13(9,10)11/h1-3H,(H2,9,10,11)/p+1. The minimum absolute atomic E-state index is 0.0192. The van der Waals surface area contributed by atoms with Crippen LogP contribution in [-0.4, -0.2) is 9.79 Å². The lowest BCUT2D eigenvalue weighted by molar-refractivity contribution is 0.283. The normalized spacial score (nSPS) is 15.1. The number of halogens is 2. The molecule has 0 aliphatic rings. The molecule has 0 spiro atoms. The zero-order chi connectivity index (χ0) is 10.1. The Morgan fingerprint density at radius 2 is 2.23 bits per heavy atom. The summed E-state index contributed by atoms with van der Waals surface area (Å²) in [6.45, 7) is 0. The Morgan fingerprint density at radius 3 is 2.69 bits per heavy atom. The van der Waals surface area contributed by atoms with E-state index < -0.39 is 7.82 Å².